The molecule has 4 aromatic rings. The summed E-state index contributed by atoms with van der Waals surface area (Å²) in [5.74, 6) is 0. The molecule has 0 saturated carbocycles. The Hall–Kier alpha value is -2.68. The lowest BCUT2D eigenvalue weighted by molar-refractivity contribution is 0.559. The molecule has 5 rings (SSSR count). The number of benzene rings is 2. The topological polar surface area (TPSA) is 25.8 Å². The molecule has 0 fully saturated rings. The van der Waals surface area contributed by atoms with Crippen LogP contribution in [0.5, 0.6) is 0 Å². The van der Waals surface area contributed by atoms with Crippen molar-refractivity contribution < 1.29 is 0 Å². The number of rotatable bonds is 4. The van der Waals surface area contributed by atoms with Crippen LogP contribution in [-0.2, 0) is 18.3 Å². The highest BCUT2D eigenvalue weighted by Crippen LogP contribution is 2.52. The van der Waals surface area contributed by atoms with E-state index in [2.05, 4.69) is 77.2 Å². The van der Waals surface area contributed by atoms with Gasteiger partial charge in [0.1, 0.15) is 0 Å². The summed E-state index contributed by atoms with van der Waals surface area (Å²) in [7, 11) is 0. The largest absolute Gasteiger partial charge is 0.265 e. The zero-order valence-corrected chi connectivity index (χ0v) is 17.5. The van der Waals surface area contributed by atoms with Crippen molar-refractivity contribution >= 4 is 41.2 Å². The summed E-state index contributed by atoms with van der Waals surface area (Å²) >= 11 is 0. The normalized spacial score (nSPS) is 13.6. The fourth-order valence-electron chi connectivity index (χ4n) is 4.58. The minimum atomic E-state index is -0.161. The molecule has 0 N–H and O–H groups in total. The highest BCUT2D eigenvalue weighted by atomic mass is 35.5. The Morgan fingerprint density at radius 2 is 1.21 bits per heavy atom. The second kappa shape index (κ2) is 8.36. The lowest BCUT2D eigenvalue weighted by atomic mass is 9.69. The molecule has 0 saturated heterocycles. The molecule has 2 aromatic carbocycles. The molecule has 0 aliphatic heterocycles. The summed E-state index contributed by atoms with van der Waals surface area (Å²) < 4.78 is 0. The Balaban J connectivity index is 0.00000120. The molecule has 0 bridgehead atoms. The van der Waals surface area contributed by atoms with Crippen LogP contribution in [0.4, 0.5) is 0 Å². The minimum absolute atomic E-state index is 0. The van der Waals surface area contributed by atoms with Gasteiger partial charge in [-0.15, -0.1) is 24.8 Å². The smallest absolute Gasteiger partial charge is 0.0290 e. The first-order valence-electron chi connectivity index (χ1n) is 9.28. The molecular formula is C25H22Cl2N2. The van der Waals surface area contributed by atoms with Gasteiger partial charge in [0.25, 0.3) is 0 Å². The van der Waals surface area contributed by atoms with Crippen LogP contribution in [0.2, 0.25) is 0 Å². The summed E-state index contributed by atoms with van der Waals surface area (Å²) in [5, 5.41) is 2.64. The van der Waals surface area contributed by atoms with Gasteiger partial charge in [-0.25, -0.2) is 0 Å². The molecule has 0 unspecified atom stereocenters. The van der Waals surface area contributed by atoms with Gasteiger partial charge in [-0.1, -0.05) is 43.0 Å². The number of pyridine rings is 2. The SMILES string of the molecule is C=C1c2cccc3cccc(c23)C1(Cc1ccncc1)Cc1ccncc1.Cl.Cl. The van der Waals surface area contributed by atoms with Crippen molar-refractivity contribution in [1.29, 1.82) is 0 Å². The van der Waals surface area contributed by atoms with Crippen molar-refractivity contribution in [2.45, 2.75) is 18.3 Å². The molecule has 0 spiro atoms. The number of hydrogen-bond donors (Lipinski definition) is 0. The maximum atomic E-state index is 4.61. The molecule has 0 amide bonds. The standard InChI is InChI=1S/C25H20N2.2ClH/c1-18-22-6-2-4-21-5-3-7-23(24(21)22)25(18,16-19-8-12-26-13-9-19)17-20-10-14-27-15-11-20;;/h2-15H,1,16-17H2;2*1H. The van der Waals surface area contributed by atoms with Crippen LogP contribution in [0, 0.1) is 0 Å². The summed E-state index contributed by atoms with van der Waals surface area (Å²) in [5.41, 5.74) is 6.28. The predicted octanol–water partition coefficient (Wildman–Crippen LogP) is 6.22. The Bertz CT molecular complexity index is 1090. The van der Waals surface area contributed by atoms with Crippen LogP contribution < -0.4 is 0 Å². The molecule has 0 atom stereocenters. The van der Waals surface area contributed by atoms with Crippen LogP contribution in [0.1, 0.15) is 22.3 Å². The second-order valence-electron chi connectivity index (χ2n) is 7.33. The number of hydrogen-bond acceptors (Lipinski definition) is 2. The first kappa shape index (κ1) is 21.0. The monoisotopic (exact) mass is 420 g/mol. The van der Waals surface area contributed by atoms with Crippen LogP contribution in [-0.4, -0.2) is 9.97 Å². The van der Waals surface area contributed by atoms with E-state index in [9.17, 15) is 0 Å². The van der Waals surface area contributed by atoms with Gasteiger partial charge in [0.05, 0.1) is 0 Å². The second-order valence-corrected chi connectivity index (χ2v) is 7.33. The maximum Gasteiger partial charge on any atom is 0.0290 e. The van der Waals surface area contributed by atoms with Gasteiger partial charge in [0.2, 0.25) is 0 Å². The van der Waals surface area contributed by atoms with Crippen LogP contribution in [0.3, 0.4) is 0 Å². The van der Waals surface area contributed by atoms with Crippen LogP contribution >= 0.6 is 24.8 Å². The van der Waals surface area contributed by atoms with Crippen molar-refractivity contribution in [2.75, 3.05) is 0 Å². The molecule has 29 heavy (non-hydrogen) atoms. The number of halogens is 2. The Morgan fingerprint density at radius 3 is 1.76 bits per heavy atom. The van der Waals surface area contributed by atoms with Gasteiger partial charge in [0, 0.05) is 30.2 Å². The summed E-state index contributed by atoms with van der Waals surface area (Å²) in [4.78, 5) is 8.39. The van der Waals surface area contributed by atoms with Gasteiger partial charge in [-0.2, -0.15) is 0 Å². The van der Waals surface area contributed by atoms with E-state index in [0.717, 1.165) is 12.8 Å². The van der Waals surface area contributed by atoms with Crippen molar-refractivity contribution in [3.8, 4) is 0 Å². The quantitative estimate of drug-likeness (QED) is 0.391. The lowest BCUT2D eigenvalue weighted by Gasteiger charge is -2.33. The number of allylic oxidation sites excluding steroid dienone is 1. The third-order valence-electron chi connectivity index (χ3n) is 5.83. The molecule has 2 nitrogen and oxygen atoms in total. The van der Waals surface area contributed by atoms with E-state index in [0.29, 0.717) is 0 Å². The van der Waals surface area contributed by atoms with Crippen molar-refractivity contribution in [3.63, 3.8) is 0 Å². The molecule has 2 heterocycles. The highest BCUT2D eigenvalue weighted by Gasteiger charge is 2.42. The first-order valence-corrected chi connectivity index (χ1v) is 9.28. The molecule has 1 aliphatic carbocycles. The van der Waals surface area contributed by atoms with Gasteiger partial charge < -0.3 is 0 Å². The summed E-state index contributed by atoms with van der Waals surface area (Å²) in [6.07, 6.45) is 9.32. The molecule has 1 aliphatic rings. The third kappa shape index (κ3) is 3.43. The Kier molecular flexibility index (Phi) is 6.07. The molecule has 4 heteroatoms. The van der Waals surface area contributed by atoms with E-state index in [4.69, 9.17) is 0 Å². The average Bonchev–Trinajstić information content (AvgIpc) is 2.95. The van der Waals surface area contributed by atoms with Gasteiger partial charge in [-0.05, 0) is 75.7 Å². The Morgan fingerprint density at radius 1 is 0.690 bits per heavy atom. The maximum absolute atomic E-state index is 4.61. The minimum Gasteiger partial charge on any atom is -0.265 e. The fraction of sp³-hybridized carbons (Fsp3) is 0.120. The zero-order valence-electron chi connectivity index (χ0n) is 15.9. The van der Waals surface area contributed by atoms with E-state index >= 15 is 0 Å². The van der Waals surface area contributed by atoms with E-state index in [1.165, 1.54) is 38.6 Å². The highest BCUT2D eigenvalue weighted by molar-refractivity contribution is 6.04. The lowest BCUT2D eigenvalue weighted by Crippen LogP contribution is -2.30. The van der Waals surface area contributed by atoms with Crippen molar-refractivity contribution in [3.05, 3.63) is 114 Å². The number of aromatic nitrogens is 2. The van der Waals surface area contributed by atoms with E-state index in [1.807, 2.05) is 24.8 Å². The van der Waals surface area contributed by atoms with Crippen molar-refractivity contribution in [2.24, 2.45) is 0 Å². The zero-order chi connectivity index (χ0) is 18.3. The molecule has 2 aromatic heterocycles. The summed E-state index contributed by atoms with van der Waals surface area (Å²) in [6.45, 7) is 4.61. The molecular weight excluding hydrogens is 399 g/mol. The number of nitrogens with zero attached hydrogens (tertiary/aromatic N) is 2. The Labute approximate surface area is 183 Å². The van der Waals surface area contributed by atoms with Crippen LogP contribution in [0.25, 0.3) is 16.3 Å². The van der Waals surface area contributed by atoms with Gasteiger partial charge >= 0.3 is 0 Å². The van der Waals surface area contributed by atoms with Crippen LogP contribution in [0.15, 0.2) is 92.0 Å². The van der Waals surface area contributed by atoms with Gasteiger partial charge in [0.15, 0.2) is 0 Å². The van der Waals surface area contributed by atoms with Crippen molar-refractivity contribution in [1.82, 2.24) is 9.97 Å². The van der Waals surface area contributed by atoms with E-state index < -0.39 is 0 Å². The third-order valence-corrected chi connectivity index (χ3v) is 5.83. The van der Waals surface area contributed by atoms with Gasteiger partial charge in [-0.3, -0.25) is 9.97 Å². The van der Waals surface area contributed by atoms with E-state index in [-0.39, 0.29) is 30.2 Å². The van der Waals surface area contributed by atoms with E-state index in [1.54, 1.807) is 0 Å². The summed E-state index contributed by atoms with van der Waals surface area (Å²) in [6, 6.07) is 21.7. The average molecular weight is 421 g/mol. The predicted molar refractivity (Wildman–Crippen MR) is 125 cm³/mol. The fourth-order valence-corrected chi connectivity index (χ4v) is 4.58. The first-order chi connectivity index (χ1) is 13.3. The molecule has 146 valence electrons. The molecule has 0 radical (unpaired) electrons.